The summed E-state index contributed by atoms with van der Waals surface area (Å²) in [6, 6.07) is 0. The van der Waals surface area contributed by atoms with Gasteiger partial charge < -0.3 is 4.74 Å². The minimum absolute atomic E-state index is 0.215. The molecule has 0 radical (unpaired) electrons. The average molecular weight is 308 g/mol. The van der Waals surface area contributed by atoms with Crippen molar-refractivity contribution < 1.29 is 9.53 Å². The summed E-state index contributed by atoms with van der Waals surface area (Å²) in [4.78, 5) is 17.1. The van der Waals surface area contributed by atoms with Gasteiger partial charge in [0.05, 0.1) is 0 Å². The van der Waals surface area contributed by atoms with Crippen LogP contribution in [-0.4, -0.2) is 27.0 Å². The van der Waals surface area contributed by atoms with Gasteiger partial charge >= 0.3 is 6.09 Å². The fourth-order valence-corrected chi connectivity index (χ4v) is 1.46. The zero-order valence-electron chi connectivity index (χ0n) is 8.40. The highest BCUT2D eigenvalue weighted by Gasteiger charge is 2.25. The van der Waals surface area contributed by atoms with Crippen molar-refractivity contribution in [2.45, 2.75) is 30.5 Å². The first kappa shape index (κ1) is 11.5. The largest absolute Gasteiger partial charge is 0.443 e. The summed E-state index contributed by atoms with van der Waals surface area (Å²) in [6.45, 7) is 5.51. The Kier molecular flexibility index (Phi) is 3.52. The Labute approximate surface area is 97.2 Å². The van der Waals surface area contributed by atoms with E-state index in [0.29, 0.717) is 0 Å². The monoisotopic (exact) mass is 308 g/mol. The molecule has 0 saturated carbocycles. The van der Waals surface area contributed by atoms with Crippen LogP contribution in [0.2, 0.25) is 0 Å². The second kappa shape index (κ2) is 4.29. The highest BCUT2D eigenvalue weighted by Crippen LogP contribution is 2.17. The summed E-state index contributed by atoms with van der Waals surface area (Å²) < 4.78 is 4.99. The van der Waals surface area contributed by atoms with Crippen molar-refractivity contribution >= 4 is 34.9 Å². The van der Waals surface area contributed by atoms with Gasteiger partial charge in [-0.1, -0.05) is 0 Å². The third kappa shape index (κ3) is 3.28. The maximum atomic E-state index is 11.6. The van der Waals surface area contributed by atoms with Gasteiger partial charge in [-0.25, -0.2) is 4.79 Å². The van der Waals surface area contributed by atoms with Crippen LogP contribution in [0.4, 0.5) is 4.79 Å². The van der Waals surface area contributed by atoms with E-state index in [1.165, 1.54) is 4.90 Å². The lowest BCUT2D eigenvalue weighted by molar-refractivity contribution is 0.0329. The van der Waals surface area contributed by atoms with E-state index in [2.05, 4.69) is 27.6 Å². The zero-order chi connectivity index (χ0) is 10.8. The second-order valence-electron chi connectivity index (χ2n) is 3.84. The molecule has 1 amide bonds. The lowest BCUT2D eigenvalue weighted by atomic mass is 10.2. The van der Waals surface area contributed by atoms with Crippen molar-refractivity contribution in [3.63, 3.8) is 0 Å². The molecule has 0 aliphatic carbocycles. The van der Waals surface area contributed by atoms with Crippen molar-refractivity contribution in [3.8, 4) is 0 Å². The van der Waals surface area contributed by atoms with E-state index >= 15 is 0 Å². The van der Waals surface area contributed by atoms with Crippen molar-refractivity contribution in [1.29, 1.82) is 0 Å². The first-order valence-corrected chi connectivity index (χ1v) is 5.50. The number of hydrogen-bond donors (Lipinski definition) is 0. The second-order valence-corrected chi connectivity index (χ2v) is 4.95. The normalized spacial score (nSPS) is 21.1. The smallest absolute Gasteiger partial charge is 0.416 e. The van der Waals surface area contributed by atoms with Crippen molar-refractivity contribution in [2.75, 3.05) is 0 Å². The SMILES string of the molecule is CC(C)(C)OC(=O)N1C=CC=NC1I. The lowest BCUT2D eigenvalue weighted by Crippen LogP contribution is -2.37. The lowest BCUT2D eigenvalue weighted by Gasteiger charge is -2.27. The molecule has 78 valence electrons. The van der Waals surface area contributed by atoms with Gasteiger partial charge in [0.2, 0.25) is 0 Å². The van der Waals surface area contributed by atoms with Crippen LogP contribution in [0.15, 0.2) is 17.3 Å². The van der Waals surface area contributed by atoms with Crippen LogP contribution < -0.4 is 0 Å². The molecule has 5 heteroatoms. The van der Waals surface area contributed by atoms with E-state index in [1.54, 1.807) is 18.5 Å². The van der Waals surface area contributed by atoms with Crippen LogP contribution in [0.25, 0.3) is 0 Å². The van der Waals surface area contributed by atoms with E-state index in [-0.39, 0.29) is 10.3 Å². The van der Waals surface area contributed by atoms with E-state index in [9.17, 15) is 4.79 Å². The standard InChI is InChI=1S/C9H13IN2O2/c1-9(2,3)14-8(13)12-6-4-5-11-7(12)10/h4-7H,1-3H3. The number of alkyl halides is 1. The number of carbonyl (C=O) groups excluding carboxylic acids is 1. The zero-order valence-corrected chi connectivity index (χ0v) is 10.6. The van der Waals surface area contributed by atoms with E-state index in [1.807, 2.05) is 20.8 Å². The van der Waals surface area contributed by atoms with Crippen LogP contribution >= 0.6 is 22.6 Å². The van der Waals surface area contributed by atoms with Crippen LogP contribution in [0, 0.1) is 0 Å². The predicted octanol–water partition coefficient (Wildman–Crippen LogP) is 2.54. The van der Waals surface area contributed by atoms with Gasteiger partial charge in [-0.15, -0.1) is 0 Å². The summed E-state index contributed by atoms with van der Waals surface area (Å²) in [6.07, 6.45) is 4.67. The first-order valence-electron chi connectivity index (χ1n) is 4.25. The number of nitrogens with zero attached hydrogens (tertiary/aromatic N) is 2. The number of amides is 1. The Bertz CT molecular complexity index is 281. The first-order chi connectivity index (χ1) is 6.40. The molecular formula is C9H13IN2O2. The number of allylic oxidation sites excluding steroid dienone is 1. The van der Waals surface area contributed by atoms with Gasteiger partial charge in [0.1, 0.15) is 5.60 Å². The molecule has 0 aromatic carbocycles. The fourth-order valence-electron chi connectivity index (χ4n) is 0.857. The number of halogens is 1. The van der Waals surface area contributed by atoms with Gasteiger partial charge in [-0.2, -0.15) is 0 Å². The van der Waals surface area contributed by atoms with E-state index in [4.69, 9.17) is 4.74 Å². The number of hydrogen-bond acceptors (Lipinski definition) is 3. The maximum Gasteiger partial charge on any atom is 0.416 e. The van der Waals surface area contributed by atoms with Gasteiger partial charge in [0.15, 0.2) is 4.17 Å². The molecule has 14 heavy (non-hydrogen) atoms. The molecule has 1 unspecified atom stereocenters. The molecule has 0 aromatic rings. The Morgan fingerprint density at radius 1 is 1.57 bits per heavy atom. The molecule has 0 spiro atoms. The van der Waals surface area contributed by atoms with Gasteiger partial charge in [-0.05, 0) is 49.4 Å². The molecule has 1 heterocycles. The van der Waals surface area contributed by atoms with Crippen molar-refractivity contribution in [2.24, 2.45) is 4.99 Å². The highest BCUT2D eigenvalue weighted by molar-refractivity contribution is 14.1. The minimum atomic E-state index is -0.470. The van der Waals surface area contributed by atoms with Crippen LogP contribution in [-0.2, 0) is 4.74 Å². The molecule has 1 rings (SSSR count). The Morgan fingerprint density at radius 2 is 2.21 bits per heavy atom. The topological polar surface area (TPSA) is 41.9 Å². The number of rotatable bonds is 0. The fraction of sp³-hybridized carbons (Fsp3) is 0.556. The Hall–Kier alpha value is -0.590. The summed E-state index contributed by atoms with van der Waals surface area (Å²) >= 11 is 2.06. The average Bonchev–Trinajstić information content (AvgIpc) is 2.01. The Morgan fingerprint density at radius 3 is 2.71 bits per heavy atom. The molecule has 0 N–H and O–H groups in total. The third-order valence-corrected chi connectivity index (χ3v) is 2.30. The number of ether oxygens (including phenoxy) is 1. The quantitative estimate of drug-likeness (QED) is 0.392. The molecule has 0 saturated heterocycles. The van der Waals surface area contributed by atoms with Gasteiger partial charge in [-0.3, -0.25) is 9.89 Å². The number of carbonyl (C=O) groups is 1. The summed E-state index contributed by atoms with van der Waals surface area (Å²) in [7, 11) is 0. The van der Waals surface area contributed by atoms with E-state index in [0.717, 1.165) is 0 Å². The summed E-state index contributed by atoms with van der Waals surface area (Å²) in [5.74, 6) is 0. The van der Waals surface area contributed by atoms with Crippen molar-refractivity contribution in [1.82, 2.24) is 4.90 Å². The molecule has 1 aliphatic heterocycles. The van der Waals surface area contributed by atoms with Gasteiger partial charge in [0.25, 0.3) is 0 Å². The number of aliphatic imine (C=N–C) groups is 1. The molecule has 1 aliphatic rings. The highest BCUT2D eigenvalue weighted by atomic mass is 127. The predicted molar refractivity (Wildman–Crippen MR) is 63.5 cm³/mol. The van der Waals surface area contributed by atoms with Crippen LogP contribution in [0.1, 0.15) is 20.8 Å². The molecule has 0 aromatic heterocycles. The molecular weight excluding hydrogens is 295 g/mol. The molecule has 1 atom stereocenters. The molecule has 0 bridgehead atoms. The van der Waals surface area contributed by atoms with Crippen LogP contribution in [0.5, 0.6) is 0 Å². The summed E-state index contributed by atoms with van der Waals surface area (Å²) in [5, 5.41) is 0. The van der Waals surface area contributed by atoms with Crippen molar-refractivity contribution in [3.05, 3.63) is 12.3 Å². The third-order valence-electron chi connectivity index (χ3n) is 1.38. The minimum Gasteiger partial charge on any atom is -0.443 e. The molecule has 4 nitrogen and oxygen atoms in total. The van der Waals surface area contributed by atoms with Crippen LogP contribution in [0.3, 0.4) is 0 Å². The molecule has 0 fully saturated rings. The summed E-state index contributed by atoms with van der Waals surface area (Å²) in [5.41, 5.74) is -0.470. The van der Waals surface area contributed by atoms with Gasteiger partial charge in [0, 0.05) is 12.4 Å². The maximum absolute atomic E-state index is 11.6. The van der Waals surface area contributed by atoms with E-state index < -0.39 is 5.60 Å². The Balaban J connectivity index is 2.62.